The van der Waals surface area contributed by atoms with Crippen molar-refractivity contribution < 1.29 is 9.53 Å². The van der Waals surface area contributed by atoms with Gasteiger partial charge in [0.25, 0.3) is 0 Å². The zero-order valence-corrected chi connectivity index (χ0v) is 15.2. The number of fused-ring (bicyclic) bond motifs is 1. The molecule has 2 aromatic heterocycles. The van der Waals surface area contributed by atoms with Crippen LogP contribution in [0.1, 0.15) is 26.2 Å². The lowest BCUT2D eigenvalue weighted by Crippen LogP contribution is -2.27. The van der Waals surface area contributed by atoms with Crippen molar-refractivity contribution >= 4 is 23.2 Å². The highest BCUT2D eigenvalue weighted by molar-refractivity contribution is 6.33. The Bertz CT molecular complexity index is 896. The summed E-state index contributed by atoms with van der Waals surface area (Å²) in [5, 5.41) is 16.1. The molecule has 0 saturated carbocycles. The number of unbranched alkanes of at least 4 members (excludes halogenated alkanes) is 1. The van der Waals surface area contributed by atoms with Crippen molar-refractivity contribution in [1.82, 2.24) is 25.1 Å². The van der Waals surface area contributed by atoms with E-state index >= 15 is 0 Å². The number of hydrogen-bond acceptors (Lipinski definition) is 5. The van der Waals surface area contributed by atoms with Gasteiger partial charge in [-0.2, -0.15) is 4.52 Å². The predicted molar refractivity (Wildman–Crippen MR) is 99.3 cm³/mol. The Morgan fingerprint density at radius 1 is 1.23 bits per heavy atom. The second kappa shape index (κ2) is 8.62. The first-order valence-corrected chi connectivity index (χ1v) is 8.93. The molecular formula is C18H20ClN5O2. The summed E-state index contributed by atoms with van der Waals surface area (Å²) in [6.07, 6.45) is 2.44. The van der Waals surface area contributed by atoms with Gasteiger partial charge >= 0.3 is 0 Å². The van der Waals surface area contributed by atoms with Crippen LogP contribution >= 0.6 is 11.6 Å². The van der Waals surface area contributed by atoms with E-state index in [0.717, 1.165) is 18.4 Å². The van der Waals surface area contributed by atoms with E-state index in [2.05, 4.69) is 27.5 Å². The van der Waals surface area contributed by atoms with Crippen LogP contribution < -0.4 is 10.1 Å². The molecule has 0 saturated heterocycles. The van der Waals surface area contributed by atoms with E-state index in [1.54, 1.807) is 22.7 Å². The van der Waals surface area contributed by atoms with Crippen molar-refractivity contribution in [2.75, 3.05) is 13.2 Å². The normalized spacial score (nSPS) is 10.8. The van der Waals surface area contributed by atoms with Crippen LogP contribution in [0.5, 0.6) is 5.88 Å². The van der Waals surface area contributed by atoms with Crippen LogP contribution in [-0.2, 0) is 4.79 Å². The number of rotatable bonds is 8. The molecule has 0 aliphatic rings. The fraction of sp³-hybridized carbons (Fsp3) is 0.333. The van der Waals surface area contributed by atoms with E-state index in [1.165, 1.54) is 0 Å². The summed E-state index contributed by atoms with van der Waals surface area (Å²) in [5.74, 6) is 1.01. The van der Waals surface area contributed by atoms with Gasteiger partial charge in [0.1, 0.15) is 6.61 Å². The highest BCUT2D eigenvalue weighted by atomic mass is 35.5. The van der Waals surface area contributed by atoms with Crippen LogP contribution in [0.3, 0.4) is 0 Å². The van der Waals surface area contributed by atoms with Gasteiger partial charge in [-0.1, -0.05) is 37.1 Å². The second-order valence-corrected chi connectivity index (χ2v) is 6.15. The van der Waals surface area contributed by atoms with E-state index in [-0.39, 0.29) is 5.91 Å². The molecule has 2 heterocycles. The van der Waals surface area contributed by atoms with Crippen LogP contribution in [0.15, 0.2) is 36.4 Å². The molecule has 0 bridgehead atoms. The minimum absolute atomic E-state index is 0.0404. The Kier molecular flexibility index (Phi) is 6.01. The summed E-state index contributed by atoms with van der Waals surface area (Å²) in [7, 11) is 0. The first-order valence-electron chi connectivity index (χ1n) is 8.56. The molecule has 0 radical (unpaired) electrons. The zero-order chi connectivity index (χ0) is 18.4. The molecule has 8 heteroatoms. The Hall–Kier alpha value is -2.67. The number of carbonyl (C=O) groups excluding carboxylic acids is 1. The monoisotopic (exact) mass is 373 g/mol. The topological polar surface area (TPSA) is 81.4 Å². The molecule has 1 N–H and O–H groups in total. The number of amides is 1. The number of benzene rings is 1. The summed E-state index contributed by atoms with van der Waals surface area (Å²) in [5.41, 5.74) is 1.34. The number of aromatic nitrogens is 4. The van der Waals surface area contributed by atoms with Crippen LogP contribution in [0, 0.1) is 0 Å². The summed E-state index contributed by atoms with van der Waals surface area (Å²) in [6.45, 7) is 2.82. The number of nitrogens with one attached hydrogen (secondary N) is 1. The van der Waals surface area contributed by atoms with Gasteiger partial charge in [0.15, 0.2) is 11.5 Å². The average molecular weight is 374 g/mol. The van der Waals surface area contributed by atoms with Crippen LogP contribution in [0.25, 0.3) is 17.0 Å². The molecule has 7 nitrogen and oxygen atoms in total. The van der Waals surface area contributed by atoms with Crippen molar-refractivity contribution in [1.29, 1.82) is 0 Å². The van der Waals surface area contributed by atoms with Gasteiger partial charge in [-0.25, -0.2) is 0 Å². The number of ether oxygens (including phenoxy) is 1. The van der Waals surface area contributed by atoms with Crippen LogP contribution in [0.2, 0.25) is 5.02 Å². The molecule has 3 rings (SSSR count). The highest BCUT2D eigenvalue weighted by Crippen LogP contribution is 2.26. The summed E-state index contributed by atoms with van der Waals surface area (Å²) in [4.78, 5) is 11.6. The lowest BCUT2D eigenvalue weighted by molar-refractivity contribution is -0.121. The smallest absolute Gasteiger partial charge is 0.231 e. The van der Waals surface area contributed by atoms with Crippen LogP contribution in [0.4, 0.5) is 0 Å². The summed E-state index contributed by atoms with van der Waals surface area (Å²) in [6, 6.07) is 10.9. The summed E-state index contributed by atoms with van der Waals surface area (Å²) >= 11 is 6.24. The van der Waals surface area contributed by atoms with Crippen molar-refractivity contribution in [3.8, 4) is 17.3 Å². The Morgan fingerprint density at radius 3 is 2.88 bits per heavy atom. The highest BCUT2D eigenvalue weighted by Gasteiger charge is 2.13. The molecule has 26 heavy (non-hydrogen) atoms. The maximum absolute atomic E-state index is 11.6. The van der Waals surface area contributed by atoms with Gasteiger partial charge in [0, 0.05) is 18.1 Å². The lowest BCUT2D eigenvalue weighted by Gasteiger charge is -2.07. The van der Waals surface area contributed by atoms with E-state index in [0.29, 0.717) is 41.9 Å². The third kappa shape index (κ3) is 4.29. The minimum atomic E-state index is 0.0404. The van der Waals surface area contributed by atoms with E-state index in [4.69, 9.17) is 16.3 Å². The van der Waals surface area contributed by atoms with Gasteiger partial charge in [-0.15, -0.1) is 15.3 Å². The maximum Gasteiger partial charge on any atom is 0.231 e. The quantitative estimate of drug-likeness (QED) is 0.613. The number of nitrogens with zero attached hydrogens (tertiary/aromatic N) is 4. The third-order valence-electron chi connectivity index (χ3n) is 3.78. The third-order valence-corrected chi connectivity index (χ3v) is 4.11. The first kappa shape index (κ1) is 18.1. The fourth-order valence-corrected chi connectivity index (χ4v) is 2.65. The van der Waals surface area contributed by atoms with E-state index < -0.39 is 0 Å². The van der Waals surface area contributed by atoms with Crippen LogP contribution in [-0.4, -0.2) is 38.9 Å². The molecule has 0 unspecified atom stereocenters. The summed E-state index contributed by atoms with van der Waals surface area (Å²) < 4.78 is 7.22. The Balaban J connectivity index is 1.67. The molecule has 3 aromatic rings. The van der Waals surface area contributed by atoms with Crippen molar-refractivity contribution in [2.45, 2.75) is 26.2 Å². The van der Waals surface area contributed by atoms with Gasteiger partial charge in [0.05, 0.1) is 11.6 Å². The molecule has 0 aliphatic carbocycles. The largest absolute Gasteiger partial charge is 0.475 e. The van der Waals surface area contributed by atoms with Gasteiger partial charge in [-0.05, 0) is 24.6 Å². The van der Waals surface area contributed by atoms with E-state index in [9.17, 15) is 4.79 Å². The Morgan fingerprint density at radius 2 is 2.08 bits per heavy atom. The van der Waals surface area contributed by atoms with E-state index in [1.807, 2.05) is 18.2 Å². The second-order valence-electron chi connectivity index (χ2n) is 5.75. The zero-order valence-electron chi connectivity index (χ0n) is 14.5. The van der Waals surface area contributed by atoms with Gasteiger partial charge in [-0.3, -0.25) is 4.79 Å². The molecular weight excluding hydrogens is 354 g/mol. The molecule has 0 aliphatic heterocycles. The number of carbonyl (C=O) groups is 1. The van der Waals surface area contributed by atoms with Gasteiger partial charge < -0.3 is 10.1 Å². The number of hydrogen-bond donors (Lipinski definition) is 1. The molecule has 1 aromatic carbocycles. The predicted octanol–water partition coefficient (Wildman–Crippen LogP) is 3.13. The Labute approximate surface area is 156 Å². The SMILES string of the molecule is CCCCC(=O)NCCOc1ccc2nnc(-c3ccccc3Cl)n2n1. The standard InChI is InChI=1S/C18H20ClN5O2/c1-2-3-8-16(25)20-11-12-26-17-10-9-15-21-22-18(24(15)23-17)13-6-4-5-7-14(13)19/h4-7,9-10H,2-3,8,11-12H2,1H3,(H,20,25). The lowest BCUT2D eigenvalue weighted by atomic mass is 10.2. The molecule has 0 fully saturated rings. The van der Waals surface area contributed by atoms with Gasteiger partial charge in [0.2, 0.25) is 11.8 Å². The van der Waals surface area contributed by atoms with Crippen molar-refractivity contribution in [3.05, 3.63) is 41.4 Å². The number of halogens is 1. The molecule has 136 valence electrons. The van der Waals surface area contributed by atoms with Crippen molar-refractivity contribution in [3.63, 3.8) is 0 Å². The molecule has 1 amide bonds. The minimum Gasteiger partial charge on any atom is -0.475 e. The average Bonchev–Trinajstić information content (AvgIpc) is 3.07. The first-order chi connectivity index (χ1) is 12.7. The van der Waals surface area contributed by atoms with Crippen molar-refractivity contribution in [2.24, 2.45) is 0 Å². The molecule has 0 atom stereocenters. The molecule has 0 spiro atoms. The maximum atomic E-state index is 11.6. The fourth-order valence-electron chi connectivity index (χ4n) is 2.43.